The molecule has 1 aliphatic carbocycles. The molecule has 214 valence electrons. The number of alkyl halides is 3. The summed E-state index contributed by atoms with van der Waals surface area (Å²) in [6.45, 7) is 0. The Kier molecular flexibility index (Phi) is 7.10. The van der Waals surface area contributed by atoms with Crippen molar-refractivity contribution in [2.45, 2.75) is 30.7 Å². The molecule has 1 aliphatic rings. The van der Waals surface area contributed by atoms with Crippen molar-refractivity contribution in [1.82, 2.24) is 20.0 Å². The SMILES string of the molecule is [B]C(Nc1cc(Cl)c2ncc(C#N)c(Nc3ccccc3OC(F)(F)F)c2c1)(c1ccc(F)cc1)c1cn(C2CC2)nn1. The molecule has 3 aromatic carbocycles. The maximum absolute atomic E-state index is 13.8. The Morgan fingerprint density at radius 3 is 2.53 bits per heavy atom. The zero-order chi connectivity index (χ0) is 30.4. The highest BCUT2D eigenvalue weighted by Gasteiger charge is 2.35. The highest BCUT2D eigenvalue weighted by Crippen LogP contribution is 2.40. The number of nitrogens with one attached hydrogen (secondary N) is 2. The molecule has 1 fully saturated rings. The Hall–Kier alpha value is -4.83. The van der Waals surface area contributed by atoms with Crippen LogP contribution in [0.3, 0.4) is 0 Å². The highest BCUT2D eigenvalue weighted by atomic mass is 35.5. The van der Waals surface area contributed by atoms with Crippen LogP contribution in [0.4, 0.5) is 34.6 Å². The largest absolute Gasteiger partial charge is 0.573 e. The Morgan fingerprint density at radius 2 is 1.84 bits per heavy atom. The number of nitriles is 1. The first-order valence-corrected chi connectivity index (χ1v) is 13.3. The second-order valence-electron chi connectivity index (χ2n) is 9.94. The summed E-state index contributed by atoms with van der Waals surface area (Å²) >= 11 is 6.64. The van der Waals surface area contributed by atoms with E-state index >= 15 is 0 Å². The normalized spacial score (nSPS) is 14.6. The third kappa shape index (κ3) is 5.78. The number of ether oxygens (including phenoxy) is 1. The first kappa shape index (κ1) is 28.3. The molecule has 0 amide bonds. The summed E-state index contributed by atoms with van der Waals surface area (Å²) in [4.78, 5) is 4.30. The van der Waals surface area contributed by atoms with E-state index in [1.807, 2.05) is 6.07 Å². The van der Waals surface area contributed by atoms with Gasteiger partial charge in [-0.2, -0.15) is 5.26 Å². The van der Waals surface area contributed by atoms with Gasteiger partial charge in [-0.05, 0) is 54.8 Å². The van der Waals surface area contributed by atoms with Crippen molar-refractivity contribution in [1.29, 1.82) is 5.26 Å². The summed E-state index contributed by atoms with van der Waals surface area (Å²) in [6, 6.07) is 16.4. The second kappa shape index (κ2) is 10.8. The molecular weight excluding hydrogens is 585 g/mol. The van der Waals surface area contributed by atoms with Crippen LogP contribution in [0, 0.1) is 17.1 Å². The van der Waals surface area contributed by atoms with Gasteiger partial charge in [-0.1, -0.05) is 41.1 Å². The number of hydrogen-bond acceptors (Lipinski definition) is 7. The Bertz CT molecular complexity index is 1870. The molecule has 1 unspecified atom stereocenters. The molecule has 1 saturated carbocycles. The molecule has 2 radical (unpaired) electrons. The number of para-hydroxylation sites is 2. The summed E-state index contributed by atoms with van der Waals surface area (Å²) in [6.07, 6.45) is -0.0321. The van der Waals surface area contributed by atoms with Gasteiger partial charge in [-0.3, -0.25) is 4.98 Å². The molecular formula is C29H19BClF4N7O. The van der Waals surface area contributed by atoms with Crippen molar-refractivity contribution in [3.8, 4) is 11.8 Å². The molecule has 2 heterocycles. The van der Waals surface area contributed by atoms with Crippen LogP contribution in [0.25, 0.3) is 10.9 Å². The van der Waals surface area contributed by atoms with E-state index in [4.69, 9.17) is 19.4 Å². The lowest BCUT2D eigenvalue weighted by Crippen LogP contribution is -2.37. The predicted molar refractivity (Wildman–Crippen MR) is 153 cm³/mol. The van der Waals surface area contributed by atoms with E-state index in [1.165, 1.54) is 48.7 Å². The fourth-order valence-corrected chi connectivity index (χ4v) is 4.94. The van der Waals surface area contributed by atoms with Crippen LogP contribution in [0.2, 0.25) is 5.02 Å². The van der Waals surface area contributed by atoms with Gasteiger partial charge in [0.05, 0.1) is 45.2 Å². The van der Waals surface area contributed by atoms with Gasteiger partial charge in [-0.25, -0.2) is 9.07 Å². The summed E-state index contributed by atoms with van der Waals surface area (Å²) < 4.78 is 59.0. The average molecular weight is 604 g/mol. The van der Waals surface area contributed by atoms with Gasteiger partial charge in [0.1, 0.15) is 25.4 Å². The monoisotopic (exact) mass is 603 g/mol. The maximum atomic E-state index is 13.8. The number of rotatable bonds is 8. The van der Waals surface area contributed by atoms with Crippen molar-refractivity contribution in [2.75, 3.05) is 10.6 Å². The highest BCUT2D eigenvalue weighted by molar-refractivity contribution is 6.36. The van der Waals surface area contributed by atoms with Crippen LogP contribution in [0.15, 0.2) is 73.1 Å². The van der Waals surface area contributed by atoms with Crippen molar-refractivity contribution >= 4 is 47.4 Å². The van der Waals surface area contributed by atoms with E-state index in [1.54, 1.807) is 23.0 Å². The molecule has 0 aliphatic heterocycles. The fourth-order valence-electron chi connectivity index (χ4n) is 4.67. The van der Waals surface area contributed by atoms with Crippen LogP contribution in [0.1, 0.15) is 35.7 Å². The van der Waals surface area contributed by atoms with E-state index < -0.39 is 23.4 Å². The van der Waals surface area contributed by atoms with E-state index in [2.05, 4.69) is 30.7 Å². The van der Waals surface area contributed by atoms with E-state index in [0.29, 0.717) is 22.3 Å². The van der Waals surface area contributed by atoms with Crippen molar-refractivity contribution < 1.29 is 22.3 Å². The van der Waals surface area contributed by atoms with Crippen LogP contribution in [-0.2, 0) is 5.44 Å². The first-order valence-electron chi connectivity index (χ1n) is 12.9. The molecule has 5 aromatic rings. The molecule has 2 N–H and O–H groups in total. The van der Waals surface area contributed by atoms with E-state index in [-0.39, 0.29) is 33.5 Å². The van der Waals surface area contributed by atoms with Gasteiger partial charge >= 0.3 is 6.36 Å². The van der Waals surface area contributed by atoms with Crippen molar-refractivity contribution in [2.24, 2.45) is 0 Å². The third-order valence-corrected chi connectivity index (χ3v) is 7.18. The maximum Gasteiger partial charge on any atom is 0.573 e. The van der Waals surface area contributed by atoms with E-state index in [0.717, 1.165) is 18.9 Å². The van der Waals surface area contributed by atoms with Gasteiger partial charge in [-0.15, -0.1) is 18.3 Å². The average Bonchev–Trinajstić information content (AvgIpc) is 3.69. The summed E-state index contributed by atoms with van der Waals surface area (Å²) in [5, 5.41) is 24.9. The number of fused-ring (bicyclic) bond motifs is 1. The second-order valence-corrected chi connectivity index (χ2v) is 10.3. The lowest BCUT2D eigenvalue weighted by atomic mass is 9.69. The number of hydrogen-bond donors (Lipinski definition) is 2. The molecule has 1 atom stereocenters. The first-order chi connectivity index (χ1) is 20.5. The number of nitrogens with zero attached hydrogens (tertiary/aromatic N) is 5. The molecule has 0 spiro atoms. The zero-order valence-electron chi connectivity index (χ0n) is 22.0. The minimum absolute atomic E-state index is 0.0347. The summed E-state index contributed by atoms with van der Waals surface area (Å²) in [7, 11) is 6.95. The lowest BCUT2D eigenvalue weighted by molar-refractivity contribution is -0.274. The predicted octanol–water partition coefficient (Wildman–Crippen LogP) is 6.95. The standard InChI is InChI=1S/C29H19BClF4N7O/c30-28(17-5-7-18(32)8-6-17,25-15-42(41-40-25)20-9-10-20)39-19-11-21-26(16(13-36)14-37-27(21)22(31)12-19)38-23-3-1-2-4-24(23)43-29(33,34)35/h1-8,11-12,14-15,20,39H,9-10H2,(H,37,38). The molecule has 14 heteroatoms. The molecule has 2 aromatic heterocycles. The van der Waals surface area contributed by atoms with Gasteiger partial charge < -0.3 is 15.4 Å². The van der Waals surface area contributed by atoms with Gasteiger partial charge in [0, 0.05) is 17.3 Å². The lowest BCUT2D eigenvalue weighted by Gasteiger charge is -2.32. The topological polar surface area (TPSA) is 101 Å². The molecule has 0 bridgehead atoms. The molecule has 6 rings (SSSR count). The number of benzene rings is 3. The third-order valence-electron chi connectivity index (χ3n) is 6.89. The fraction of sp³-hybridized carbons (Fsp3) is 0.172. The zero-order valence-corrected chi connectivity index (χ0v) is 22.8. The van der Waals surface area contributed by atoms with E-state index in [9.17, 15) is 22.8 Å². The minimum Gasteiger partial charge on any atom is -0.404 e. The number of anilines is 3. The Labute approximate surface area is 248 Å². The molecule has 43 heavy (non-hydrogen) atoms. The number of halogens is 5. The minimum atomic E-state index is -4.94. The Balaban J connectivity index is 1.46. The van der Waals surface area contributed by atoms with Crippen molar-refractivity contribution in [3.63, 3.8) is 0 Å². The van der Waals surface area contributed by atoms with Gasteiger partial charge in [0.25, 0.3) is 0 Å². The summed E-state index contributed by atoms with van der Waals surface area (Å²) in [5.74, 6) is -0.956. The van der Waals surface area contributed by atoms with Crippen LogP contribution >= 0.6 is 11.6 Å². The quantitative estimate of drug-likeness (QED) is 0.146. The van der Waals surface area contributed by atoms with Crippen LogP contribution < -0.4 is 15.4 Å². The van der Waals surface area contributed by atoms with Crippen LogP contribution in [0.5, 0.6) is 5.75 Å². The van der Waals surface area contributed by atoms with Crippen LogP contribution in [-0.4, -0.2) is 34.2 Å². The number of aromatic nitrogens is 4. The van der Waals surface area contributed by atoms with Gasteiger partial charge in [0.2, 0.25) is 0 Å². The van der Waals surface area contributed by atoms with Crippen molar-refractivity contribution in [3.05, 3.63) is 101 Å². The smallest absolute Gasteiger partial charge is 0.404 e. The van der Waals surface area contributed by atoms with Gasteiger partial charge in [0.15, 0.2) is 5.75 Å². The molecule has 0 saturated heterocycles. The molecule has 8 nitrogen and oxygen atoms in total. The number of pyridine rings is 1. The summed E-state index contributed by atoms with van der Waals surface area (Å²) in [5.41, 5.74) is 0.0503. The Morgan fingerprint density at radius 1 is 1.09 bits per heavy atom.